The first-order valence-electron chi connectivity index (χ1n) is 23.0. The van der Waals surface area contributed by atoms with E-state index >= 15 is 0 Å². The topological polar surface area (TPSA) is 36.9 Å². The van der Waals surface area contributed by atoms with Crippen LogP contribution < -0.4 is 9.47 Å². The molecule has 0 aliphatic rings. The number of rotatable bonds is 35. The molecule has 0 aromatic heterocycles. The van der Waals surface area contributed by atoms with Gasteiger partial charge in [-0.25, -0.2) is 0 Å². The molecule has 0 saturated carbocycles. The van der Waals surface area contributed by atoms with Gasteiger partial charge in [0.05, 0.1) is 19.1 Å². The summed E-state index contributed by atoms with van der Waals surface area (Å²) in [4.78, 5) is 0. The Morgan fingerprint density at radius 1 is 0.407 bits per heavy atom. The van der Waals surface area contributed by atoms with E-state index in [0.717, 1.165) is 56.3 Å². The van der Waals surface area contributed by atoms with Crippen molar-refractivity contribution >= 4 is 28.2 Å². The summed E-state index contributed by atoms with van der Waals surface area (Å²) in [6.45, 7) is 32.0. The maximum Gasteiger partial charge on any atom is 0.200 e. The molecule has 0 heterocycles. The lowest BCUT2D eigenvalue weighted by Crippen LogP contribution is -2.47. The highest BCUT2D eigenvalue weighted by Gasteiger charge is 2.45. The maximum absolute atomic E-state index is 6.73. The van der Waals surface area contributed by atoms with Gasteiger partial charge in [0.25, 0.3) is 0 Å². The Morgan fingerprint density at radius 2 is 0.704 bits per heavy atom. The molecule has 1 rings (SSSR count). The second-order valence-corrected chi connectivity index (χ2v) is 29.5. The smallest absolute Gasteiger partial charge is 0.200 e. The molecule has 1 aromatic carbocycles. The Hall–Kier alpha value is -0.536. The minimum absolute atomic E-state index is 0.460. The predicted octanol–water partition coefficient (Wildman–Crippen LogP) is 16.6. The molecular weight excluding hydrogens is 720 g/mol. The zero-order valence-electron chi connectivity index (χ0n) is 38.0. The summed E-state index contributed by atoms with van der Waals surface area (Å²) >= 11 is 6.24. The van der Waals surface area contributed by atoms with E-state index in [9.17, 15) is 0 Å². The standard InChI is InChI=1S/C47H91ClO4Si2/c1-39(2)53(40(3)4,41(5)6)51-35-29-25-21-17-13-15-19-23-27-33-49-46-32-31-45(38-48)47(37-46)50-34-28-24-20-16-14-18-22-26-30-36-52-54(42(7)8,43(9)10)44(11)12/h31-32,37,39-44H,13-30,33-36,38H2,1-12H3. The van der Waals surface area contributed by atoms with Crippen LogP contribution in [0.15, 0.2) is 18.2 Å². The third-order valence-electron chi connectivity index (χ3n) is 12.4. The van der Waals surface area contributed by atoms with Crippen molar-refractivity contribution in [1.29, 1.82) is 0 Å². The second-order valence-electron chi connectivity index (χ2n) is 18.3. The number of hydrogen-bond donors (Lipinski definition) is 0. The first kappa shape index (κ1) is 51.5. The SMILES string of the molecule is CC(C)[Si](OCCCCCCCCCCCOc1ccc(CCl)c(OCCCCCCCCCCCO[Si](C(C)C)(C(C)C)C(C)C)c1)(C(C)C)C(C)C. The van der Waals surface area contributed by atoms with Gasteiger partial charge < -0.3 is 18.3 Å². The Morgan fingerprint density at radius 3 is 1.02 bits per heavy atom. The lowest BCUT2D eigenvalue weighted by molar-refractivity contribution is 0.267. The summed E-state index contributed by atoms with van der Waals surface area (Å²) in [6.07, 6.45) is 23.0. The summed E-state index contributed by atoms with van der Waals surface area (Å²) in [6, 6.07) is 6.14. The predicted molar refractivity (Wildman–Crippen MR) is 244 cm³/mol. The fourth-order valence-corrected chi connectivity index (χ4v) is 20.8. The monoisotopic (exact) mass is 811 g/mol. The van der Waals surface area contributed by atoms with Crippen molar-refractivity contribution in [3.05, 3.63) is 23.8 Å². The molecule has 1 aromatic rings. The van der Waals surface area contributed by atoms with Gasteiger partial charge in [0, 0.05) is 24.8 Å². The fraction of sp³-hybridized carbons (Fsp3) is 0.872. The number of alkyl halides is 1. The average Bonchev–Trinajstić information content (AvgIpc) is 3.11. The van der Waals surface area contributed by atoms with Crippen LogP contribution in [0.4, 0.5) is 0 Å². The van der Waals surface area contributed by atoms with Gasteiger partial charge in [-0.15, -0.1) is 11.6 Å². The number of ether oxygens (including phenoxy) is 2. The van der Waals surface area contributed by atoms with Gasteiger partial charge in [0.1, 0.15) is 11.5 Å². The Balaban J connectivity index is 2.12. The highest BCUT2D eigenvalue weighted by molar-refractivity contribution is 6.78. The Labute approximate surface area is 344 Å². The van der Waals surface area contributed by atoms with E-state index in [1.165, 1.54) is 103 Å². The lowest BCUT2D eigenvalue weighted by atomic mass is 10.1. The summed E-state index contributed by atoms with van der Waals surface area (Å²) in [5, 5.41) is 0. The Bertz CT molecular complexity index is 1000. The first-order valence-corrected chi connectivity index (χ1v) is 27.8. The second kappa shape index (κ2) is 29.6. The minimum Gasteiger partial charge on any atom is -0.493 e. The molecule has 318 valence electrons. The highest BCUT2D eigenvalue weighted by atomic mass is 35.5. The van der Waals surface area contributed by atoms with E-state index in [1.807, 2.05) is 12.1 Å². The highest BCUT2D eigenvalue weighted by Crippen LogP contribution is 2.43. The molecule has 0 bridgehead atoms. The summed E-state index contributed by atoms with van der Waals surface area (Å²) in [5.74, 6) is 2.24. The third kappa shape index (κ3) is 18.4. The van der Waals surface area contributed by atoms with Crippen LogP contribution in [0.1, 0.15) is 204 Å². The molecule has 0 aliphatic carbocycles. The normalized spacial score (nSPS) is 12.8. The van der Waals surface area contributed by atoms with Gasteiger partial charge in [-0.1, -0.05) is 179 Å². The van der Waals surface area contributed by atoms with Crippen LogP contribution in [0.5, 0.6) is 11.5 Å². The van der Waals surface area contributed by atoms with Crippen LogP contribution in [0.3, 0.4) is 0 Å². The van der Waals surface area contributed by atoms with Crippen LogP contribution in [0, 0.1) is 0 Å². The van der Waals surface area contributed by atoms with E-state index in [1.54, 1.807) is 0 Å². The summed E-state index contributed by atoms with van der Waals surface area (Å²) in [7, 11) is -3.41. The minimum atomic E-state index is -1.70. The molecule has 0 amide bonds. The van der Waals surface area contributed by atoms with Crippen molar-refractivity contribution < 1.29 is 18.3 Å². The Kier molecular flexibility index (Phi) is 28.3. The average molecular weight is 812 g/mol. The van der Waals surface area contributed by atoms with Crippen molar-refractivity contribution in [1.82, 2.24) is 0 Å². The molecule has 0 spiro atoms. The van der Waals surface area contributed by atoms with E-state index in [0.29, 0.717) is 39.1 Å². The number of unbranched alkanes of at least 4 members (excludes halogenated alkanes) is 16. The molecule has 0 N–H and O–H groups in total. The van der Waals surface area contributed by atoms with Gasteiger partial charge in [-0.2, -0.15) is 0 Å². The van der Waals surface area contributed by atoms with Crippen molar-refractivity contribution in [2.24, 2.45) is 0 Å². The van der Waals surface area contributed by atoms with Gasteiger partial charge in [-0.3, -0.25) is 0 Å². The molecular formula is C47H91ClO4Si2. The zero-order chi connectivity index (χ0) is 40.4. The molecule has 54 heavy (non-hydrogen) atoms. The van der Waals surface area contributed by atoms with Crippen molar-refractivity contribution in [3.63, 3.8) is 0 Å². The van der Waals surface area contributed by atoms with Crippen molar-refractivity contribution in [2.75, 3.05) is 26.4 Å². The third-order valence-corrected chi connectivity index (χ3v) is 24.9. The molecule has 0 radical (unpaired) electrons. The lowest BCUT2D eigenvalue weighted by Gasteiger charge is -2.42. The zero-order valence-corrected chi connectivity index (χ0v) is 40.7. The molecule has 0 saturated heterocycles. The number of benzene rings is 1. The van der Waals surface area contributed by atoms with E-state index in [2.05, 4.69) is 89.2 Å². The maximum atomic E-state index is 6.73. The summed E-state index contributed by atoms with van der Waals surface area (Å²) in [5.41, 5.74) is 5.10. The first-order chi connectivity index (χ1) is 25.8. The molecule has 4 nitrogen and oxygen atoms in total. The summed E-state index contributed by atoms with van der Waals surface area (Å²) < 4.78 is 25.8. The number of halogens is 1. The van der Waals surface area contributed by atoms with Gasteiger partial charge >= 0.3 is 0 Å². The number of hydrogen-bond acceptors (Lipinski definition) is 4. The molecule has 0 unspecified atom stereocenters. The van der Waals surface area contributed by atoms with Gasteiger partial charge in [0.2, 0.25) is 0 Å². The van der Waals surface area contributed by atoms with Gasteiger partial charge in [0.15, 0.2) is 16.6 Å². The van der Waals surface area contributed by atoms with E-state index < -0.39 is 16.6 Å². The largest absolute Gasteiger partial charge is 0.493 e. The van der Waals surface area contributed by atoms with Crippen LogP contribution in [-0.2, 0) is 14.7 Å². The van der Waals surface area contributed by atoms with E-state index in [4.69, 9.17) is 29.9 Å². The molecule has 7 heteroatoms. The van der Waals surface area contributed by atoms with E-state index in [-0.39, 0.29) is 0 Å². The molecule has 0 aliphatic heterocycles. The van der Waals surface area contributed by atoms with Crippen LogP contribution in [0.2, 0.25) is 33.2 Å². The van der Waals surface area contributed by atoms with Crippen molar-refractivity contribution in [3.8, 4) is 11.5 Å². The van der Waals surface area contributed by atoms with Gasteiger partial charge in [-0.05, 0) is 65.0 Å². The molecule has 0 fully saturated rings. The molecule has 0 atom stereocenters. The van der Waals surface area contributed by atoms with Crippen LogP contribution in [0.25, 0.3) is 0 Å². The van der Waals surface area contributed by atoms with Crippen LogP contribution >= 0.6 is 11.6 Å². The van der Waals surface area contributed by atoms with Crippen LogP contribution in [-0.4, -0.2) is 43.1 Å². The van der Waals surface area contributed by atoms with Crippen molar-refractivity contribution in [2.45, 2.75) is 238 Å². The fourth-order valence-electron chi connectivity index (χ4n) is 9.62. The quantitative estimate of drug-likeness (QED) is 0.0389.